The van der Waals surface area contributed by atoms with Crippen LogP contribution in [0.15, 0.2) is 12.1 Å². The third kappa shape index (κ3) is 3.74. The first kappa shape index (κ1) is 15.6. The van der Waals surface area contributed by atoms with Crippen LogP contribution in [0.1, 0.15) is 49.8 Å². The van der Waals surface area contributed by atoms with E-state index < -0.39 is 0 Å². The molecule has 0 aliphatic heterocycles. The zero-order chi connectivity index (χ0) is 13.7. The van der Waals surface area contributed by atoms with Gasteiger partial charge in [0, 0.05) is 5.33 Å². The second-order valence-corrected chi connectivity index (χ2v) is 5.92. The molecule has 0 heterocycles. The monoisotopic (exact) mass is 312 g/mol. The van der Waals surface area contributed by atoms with Crippen molar-refractivity contribution in [3.8, 4) is 5.75 Å². The topological polar surface area (TPSA) is 9.23 Å². The predicted molar refractivity (Wildman–Crippen MR) is 83.1 cm³/mol. The first-order valence-corrected chi connectivity index (χ1v) is 7.93. The predicted octanol–water partition coefficient (Wildman–Crippen LogP) is 5.23. The van der Waals surface area contributed by atoms with E-state index in [-0.39, 0.29) is 0 Å². The van der Waals surface area contributed by atoms with Gasteiger partial charge in [-0.05, 0) is 43.2 Å². The molecule has 1 nitrogen and oxygen atoms in total. The molecule has 1 aromatic rings. The Bertz CT molecular complexity index is 387. The molecule has 0 saturated carbocycles. The summed E-state index contributed by atoms with van der Waals surface area (Å²) >= 11 is 3.59. The summed E-state index contributed by atoms with van der Waals surface area (Å²) in [6, 6.07) is 4.49. The third-order valence-corrected chi connectivity index (χ3v) is 4.51. The van der Waals surface area contributed by atoms with Crippen LogP contribution in [-0.4, -0.2) is 11.9 Å². The molecule has 0 spiro atoms. The Morgan fingerprint density at radius 1 is 1.22 bits per heavy atom. The molecule has 0 saturated heterocycles. The van der Waals surface area contributed by atoms with E-state index in [4.69, 9.17) is 4.74 Å². The van der Waals surface area contributed by atoms with Crippen molar-refractivity contribution >= 4 is 15.9 Å². The Labute approximate surface area is 120 Å². The summed E-state index contributed by atoms with van der Waals surface area (Å²) < 4.78 is 5.97. The maximum Gasteiger partial charge on any atom is 0.125 e. The Balaban J connectivity index is 3.13. The second-order valence-electron chi connectivity index (χ2n) is 5.27. The number of alkyl halides is 1. The van der Waals surface area contributed by atoms with Crippen molar-refractivity contribution in [1.29, 1.82) is 0 Å². The SMILES string of the molecule is CCCOc1c(C)cc(C)cc1C(C)C(C)CBr. The van der Waals surface area contributed by atoms with Gasteiger partial charge in [0.1, 0.15) is 5.75 Å². The standard InChI is InChI=1S/C16H25BrO/c1-6-7-18-16-12(3)8-11(2)9-15(16)14(5)13(4)10-17/h8-9,13-14H,6-7,10H2,1-5H3. The van der Waals surface area contributed by atoms with E-state index in [9.17, 15) is 0 Å². The molecule has 0 fully saturated rings. The lowest BCUT2D eigenvalue weighted by Gasteiger charge is -2.23. The molecule has 0 bridgehead atoms. The van der Waals surface area contributed by atoms with Gasteiger partial charge in [-0.3, -0.25) is 0 Å². The molecule has 2 atom stereocenters. The van der Waals surface area contributed by atoms with Crippen molar-refractivity contribution in [2.45, 2.75) is 47.0 Å². The van der Waals surface area contributed by atoms with Gasteiger partial charge in [-0.2, -0.15) is 0 Å². The van der Waals surface area contributed by atoms with Crippen molar-refractivity contribution in [2.75, 3.05) is 11.9 Å². The molecule has 0 aliphatic rings. The third-order valence-electron chi connectivity index (χ3n) is 3.49. The van der Waals surface area contributed by atoms with Crippen molar-refractivity contribution in [3.05, 3.63) is 28.8 Å². The van der Waals surface area contributed by atoms with E-state index in [1.54, 1.807) is 0 Å². The highest BCUT2D eigenvalue weighted by molar-refractivity contribution is 9.09. The number of halogens is 1. The lowest BCUT2D eigenvalue weighted by atomic mass is 9.87. The van der Waals surface area contributed by atoms with Crippen LogP contribution in [0, 0.1) is 19.8 Å². The van der Waals surface area contributed by atoms with Crippen molar-refractivity contribution < 1.29 is 4.74 Å². The molecule has 0 aromatic heterocycles. The Morgan fingerprint density at radius 2 is 1.89 bits per heavy atom. The van der Waals surface area contributed by atoms with Crippen LogP contribution < -0.4 is 4.74 Å². The summed E-state index contributed by atoms with van der Waals surface area (Å²) in [7, 11) is 0. The van der Waals surface area contributed by atoms with Gasteiger partial charge in [0.05, 0.1) is 6.61 Å². The Morgan fingerprint density at radius 3 is 2.44 bits per heavy atom. The molecule has 0 radical (unpaired) electrons. The Kier molecular flexibility index (Phi) is 6.20. The molecule has 2 unspecified atom stereocenters. The van der Waals surface area contributed by atoms with Crippen LogP contribution in [-0.2, 0) is 0 Å². The van der Waals surface area contributed by atoms with Crippen molar-refractivity contribution in [3.63, 3.8) is 0 Å². The number of benzene rings is 1. The number of hydrogen-bond donors (Lipinski definition) is 0. The maximum absolute atomic E-state index is 5.97. The highest BCUT2D eigenvalue weighted by Crippen LogP contribution is 2.35. The average molecular weight is 313 g/mol. The smallest absolute Gasteiger partial charge is 0.125 e. The number of rotatable bonds is 6. The minimum atomic E-state index is 0.509. The normalized spacial score (nSPS) is 14.3. The van der Waals surface area contributed by atoms with Gasteiger partial charge in [0.25, 0.3) is 0 Å². The zero-order valence-corrected chi connectivity index (χ0v) is 13.8. The van der Waals surface area contributed by atoms with E-state index in [1.807, 2.05) is 0 Å². The molecule has 1 rings (SSSR count). The second kappa shape index (κ2) is 7.18. The lowest BCUT2D eigenvalue weighted by Crippen LogP contribution is -2.11. The van der Waals surface area contributed by atoms with Crippen LogP contribution in [0.5, 0.6) is 5.75 Å². The van der Waals surface area contributed by atoms with Crippen LogP contribution >= 0.6 is 15.9 Å². The maximum atomic E-state index is 5.97. The van der Waals surface area contributed by atoms with Crippen molar-refractivity contribution in [1.82, 2.24) is 0 Å². The average Bonchev–Trinajstić information content (AvgIpc) is 2.35. The van der Waals surface area contributed by atoms with Crippen LogP contribution in [0.3, 0.4) is 0 Å². The van der Waals surface area contributed by atoms with E-state index >= 15 is 0 Å². The molecule has 1 aromatic carbocycles. The summed E-state index contributed by atoms with van der Waals surface area (Å²) in [5, 5.41) is 1.02. The highest BCUT2D eigenvalue weighted by atomic mass is 79.9. The largest absolute Gasteiger partial charge is 0.493 e. The fourth-order valence-electron chi connectivity index (χ4n) is 2.17. The molecule has 18 heavy (non-hydrogen) atoms. The van der Waals surface area contributed by atoms with Gasteiger partial charge < -0.3 is 4.74 Å². The van der Waals surface area contributed by atoms with Gasteiger partial charge in [-0.15, -0.1) is 0 Å². The highest BCUT2D eigenvalue weighted by Gasteiger charge is 2.19. The summed E-state index contributed by atoms with van der Waals surface area (Å²) in [5.41, 5.74) is 3.93. The lowest BCUT2D eigenvalue weighted by molar-refractivity contribution is 0.308. The molecule has 0 N–H and O–H groups in total. The zero-order valence-electron chi connectivity index (χ0n) is 12.2. The minimum absolute atomic E-state index is 0.509. The quantitative estimate of drug-likeness (QED) is 0.654. The fourth-order valence-corrected chi connectivity index (χ4v) is 2.73. The van der Waals surface area contributed by atoms with Crippen molar-refractivity contribution in [2.24, 2.45) is 5.92 Å². The van der Waals surface area contributed by atoms with E-state index in [2.05, 4.69) is 62.7 Å². The van der Waals surface area contributed by atoms with Gasteiger partial charge >= 0.3 is 0 Å². The summed E-state index contributed by atoms with van der Waals surface area (Å²) in [6.07, 6.45) is 1.05. The van der Waals surface area contributed by atoms with Crippen LogP contribution in [0.25, 0.3) is 0 Å². The van der Waals surface area contributed by atoms with E-state index in [0.29, 0.717) is 11.8 Å². The van der Waals surface area contributed by atoms with Gasteiger partial charge in [0.15, 0.2) is 0 Å². The fraction of sp³-hybridized carbons (Fsp3) is 0.625. The number of ether oxygens (including phenoxy) is 1. The molecular weight excluding hydrogens is 288 g/mol. The number of hydrogen-bond acceptors (Lipinski definition) is 1. The first-order valence-electron chi connectivity index (χ1n) is 6.81. The number of aryl methyl sites for hydroxylation is 2. The Hall–Kier alpha value is -0.500. The van der Waals surface area contributed by atoms with E-state index in [0.717, 1.165) is 24.1 Å². The minimum Gasteiger partial charge on any atom is -0.493 e. The summed E-state index contributed by atoms with van der Waals surface area (Å²) in [4.78, 5) is 0. The molecule has 0 amide bonds. The molecule has 0 aliphatic carbocycles. The van der Waals surface area contributed by atoms with Crippen LogP contribution in [0.4, 0.5) is 0 Å². The van der Waals surface area contributed by atoms with Crippen LogP contribution in [0.2, 0.25) is 0 Å². The van der Waals surface area contributed by atoms with E-state index in [1.165, 1.54) is 16.7 Å². The summed E-state index contributed by atoms with van der Waals surface area (Å²) in [6.45, 7) is 11.8. The molecule has 102 valence electrons. The summed E-state index contributed by atoms with van der Waals surface area (Å²) in [5.74, 6) is 2.22. The first-order chi connectivity index (χ1) is 8.51. The van der Waals surface area contributed by atoms with Gasteiger partial charge in [-0.25, -0.2) is 0 Å². The molecule has 2 heteroatoms. The van der Waals surface area contributed by atoms with Gasteiger partial charge in [0.2, 0.25) is 0 Å². The molecular formula is C16H25BrO. The van der Waals surface area contributed by atoms with Gasteiger partial charge in [-0.1, -0.05) is 54.4 Å².